The third-order valence-electron chi connectivity index (χ3n) is 2.52. The first-order chi connectivity index (χ1) is 7.56. The summed E-state index contributed by atoms with van der Waals surface area (Å²) >= 11 is 0. The highest BCUT2D eigenvalue weighted by molar-refractivity contribution is 4.94. The van der Waals surface area contributed by atoms with Gasteiger partial charge in [0.25, 0.3) is 5.67 Å². The van der Waals surface area contributed by atoms with Crippen LogP contribution in [-0.4, -0.2) is 18.0 Å². The number of hydrogen-bond acceptors (Lipinski definition) is 0. The molecule has 0 heterocycles. The largest absolute Gasteiger partial charge is 0.431 e. The summed E-state index contributed by atoms with van der Waals surface area (Å²) in [6.45, 7) is 1.85. The quantitative estimate of drug-likeness (QED) is 0.460. The Morgan fingerprint density at radius 3 is 1.41 bits per heavy atom. The Morgan fingerprint density at radius 1 is 0.647 bits per heavy atom. The molecular weight excluding hydrogens is 253 g/mol. The Hall–Kier alpha value is -0.490. The van der Waals surface area contributed by atoms with E-state index in [9.17, 15) is 30.7 Å². The van der Waals surface area contributed by atoms with E-state index in [0.29, 0.717) is 6.42 Å². The maximum atomic E-state index is 13.1. The highest BCUT2D eigenvalue weighted by Crippen LogP contribution is 2.49. The van der Waals surface area contributed by atoms with E-state index in [4.69, 9.17) is 0 Å². The predicted octanol–water partition coefficient (Wildman–Crippen LogP) is 5.18. The fourth-order valence-corrected chi connectivity index (χ4v) is 1.42. The monoisotopic (exact) mass is 268 g/mol. The molecule has 0 radical (unpaired) electrons. The number of hydrogen-bond donors (Lipinski definition) is 0. The highest BCUT2D eigenvalue weighted by Gasteiger charge is 2.71. The van der Waals surface area contributed by atoms with Gasteiger partial charge < -0.3 is 0 Å². The van der Waals surface area contributed by atoms with Gasteiger partial charge in [0.05, 0.1) is 0 Å². The first kappa shape index (κ1) is 16.5. The molecule has 0 fully saturated rings. The molecule has 0 spiro atoms. The fourth-order valence-electron chi connectivity index (χ4n) is 1.42. The van der Waals surface area contributed by atoms with Gasteiger partial charge >= 0.3 is 12.4 Å². The van der Waals surface area contributed by atoms with Crippen LogP contribution >= 0.6 is 0 Å². The van der Waals surface area contributed by atoms with Crippen molar-refractivity contribution < 1.29 is 30.7 Å². The average Bonchev–Trinajstić information content (AvgIpc) is 2.13. The number of halogens is 7. The molecule has 0 aliphatic heterocycles. The van der Waals surface area contributed by atoms with Gasteiger partial charge in [0.15, 0.2) is 0 Å². The van der Waals surface area contributed by atoms with Gasteiger partial charge in [0.2, 0.25) is 0 Å². The van der Waals surface area contributed by atoms with Crippen LogP contribution in [0.5, 0.6) is 0 Å². The summed E-state index contributed by atoms with van der Waals surface area (Å²) in [7, 11) is 0. The van der Waals surface area contributed by atoms with Crippen molar-refractivity contribution in [3.8, 4) is 0 Å². The third kappa shape index (κ3) is 4.35. The first-order valence-corrected chi connectivity index (χ1v) is 5.38. The van der Waals surface area contributed by atoms with Gasteiger partial charge in [-0.05, 0) is 12.8 Å². The van der Waals surface area contributed by atoms with Crippen molar-refractivity contribution in [1.82, 2.24) is 0 Å². The molecule has 104 valence electrons. The smallest absolute Gasteiger partial charge is 0.224 e. The Bertz CT molecular complexity index is 202. The summed E-state index contributed by atoms with van der Waals surface area (Å²) in [4.78, 5) is 0. The number of rotatable bonds is 6. The molecule has 0 bridgehead atoms. The van der Waals surface area contributed by atoms with E-state index in [2.05, 4.69) is 0 Å². The second-order valence-corrected chi connectivity index (χ2v) is 3.96. The zero-order valence-corrected chi connectivity index (χ0v) is 9.39. The molecule has 0 aromatic heterocycles. The maximum absolute atomic E-state index is 13.1. The fraction of sp³-hybridized carbons (Fsp3) is 1.00. The SMILES string of the molecule is CCCCCCCC(F)(C(F)(F)F)C(F)(F)F. The van der Waals surface area contributed by atoms with Crippen LogP contribution in [0.25, 0.3) is 0 Å². The third-order valence-corrected chi connectivity index (χ3v) is 2.52. The molecule has 0 atom stereocenters. The molecule has 0 unspecified atom stereocenters. The molecule has 7 heteroatoms. The topological polar surface area (TPSA) is 0 Å². The van der Waals surface area contributed by atoms with E-state index in [-0.39, 0.29) is 6.42 Å². The summed E-state index contributed by atoms with van der Waals surface area (Å²) < 4.78 is 85.5. The average molecular weight is 268 g/mol. The first-order valence-electron chi connectivity index (χ1n) is 5.38. The van der Waals surface area contributed by atoms with E-state index in [1.165, 1.54) is 0 Å². The van der Waals surface area contributed by atoms with Crippen LogP contribution in [0.3, 0.4) is 0 Å². The van der Waals surface area contributed by atoms with E-state index < -0.39 is 30.9 Å². The lowest BCUT2D eigenvalue weighted by Gasteiger charge is -2.29. The lowest BCUT2D eigenvalue weighted by Crippen LogP contribution is -2.53. The summed E-state index contributed by atoms with van der Waals surface area (Å²) in [6, 6.07) is 0. The molecule has 0 N–H and O–H groups in total. The molecule has 0 aromatic carbocycles. The van der Waals surface area contributed by atoms with Crippen LogP contribution in [0, 0.1) is 0 Å². The minimum Gasteiger partial charge on any atom is -0.224 e. The lowest BCUT2D eigenvalue weighted by molar-refractivity contribution is -0.343. The van der Waals surface area contributed by atoms with Gasteiger partial charge in [0.1, 0.15) is 0 Å². The van der Waals surface area contributed by atoms with Crippen LogP contribution in [0.2, 0.25) is 0 Å². The molecule has 0 saturated carbocycles. The Morgan fingerprint density at radius 2 is 1.06 bits per heavy atom. The van der Waals surface area contributed by atoms with Crippen LogP contribution < -0.4 is 0 Å². The number of alkyl halides is 7. The van der Waals surface area contributed by atoms with Crippen molar-refractivity contribution in [1.29, 1.82) is 0 Å². The Balaban J connectivity index is 4.44. The van der Waals surface area contributed by atoms with E-state index in [1.807, 2.05) is 6.92 Å². The molecule has 0 aliphatic rings. The Kier molecular flexibility index (Phi) is 5.74. The predicted molar refractivity (Wildman–Crippen MR) is 49.3 cm³/mol. The second kappa shape index (κ2) is 5.91. The minimum absolute atomic E-state index is 0.172. The minimum atomic E-state index is -5.91. The maximum Gasteiger partial charge on any atom is 0.431 e. The van der Waals surface area contributed by atoms with Crippen molar-refractivity contribution in [2.45, 2.75) is 63.5 Å². The van der Waals surface area contributed by atoms with Crippen molar-refractivity contribution in [3.05, 3.63) is 0 Å². The van der Waals surface area contributed by atoms with Gasteiger partial charge in [-0.2, -0.15) is 26.3 Å². The summed E-state index contributed by atoms with van der Waals surface area (Å²) in [5.74, 6) is 0. The van der Waals surface area contributed by atoms with Crippen molar-refractivity contribution in [2.24, 2.45) is 0 Å². The zero-order valence-electron chi connectivity index (χ0n) is 9.39. The molecular formula is C10H15F7. The number of unbranched alkanes of at least 4 members (excludes halogenated alkanes) is 4. The summed E-state index contributed by atoms with van der Waals surface area (Å²) in [5.41, 5.74) is -5.08. The molecule has 0 rings (SSSR count). The van der Waals surface area contributed by atoms with Gasteiger partial charge in [-0.25, -0.2) is 4.39 Å². The zero-order chi connectivity index (χ0) is 13.7. The van der Waals surface area contributed by atoms with Crippen molar-refractivity contribution >= 4 is 0 Å². The van der Waals surface area contributed by atoms with Crippen molar-refractivity contribution in [2.75, 3.05) is 0 Å². The highest BCUT2D eigenvalue weighted by atomic mass is 19.4. The van der Waals surface area contributed by atoms with Crippen LogP contribution in [0.4, 0.5) is 30.7 Å². The standard InChI is InChI=1S/C10H15F7/c1-2-3-4-5-6-7-8(11,9(12,13)14)10(15,16)17/h2-7H2,1H3. The van der Waals surface area contributed by atoms with Crippen LogP contribution in [0.15, 0.2) is 0 Å². The van der Waals surface area contributed by atoms with Gasteiger partial charge in [-0.15, -0.1) is 0 Å². The van der Waals surface area contributed by atoms with Crippen LogP contribution in [0.1, 0.15) is 45.4 Å². The molecule has 0 amide bonds. The van der Waals surface area contributed by atoms with Crippen LogP contribution in [-0.2, 0) is 0 Å². The Labute approximate surface area is 95.2 Å². The van der Waals surface area contributed by atoms with E-state index in [1.54, 1.807) is 0 Å². The molecule has 0 nitrogen and oxygen atoms in total. The molecule has 17 heavy (non-hydrogen) atoms. The van der Waals surface area contributed by atoms with E-state index in [0.717, 1.165) is 12.8 Å². The summed E-state index contributed by atoms with van der Waals surface area (Å²) in [6.07, 6.45) is -11.6. The van der Waals surface area contributed by atoms with Gasteiger partial charge in [0, 0.05) is 0 Å². The molecule has 0 aromatic rings. The summed E-state index contributed by atoms with van der Waals surface area (Å²) in [5, 5.41) is 0. The molecule has 0 saturated heterocycles. The van der Waals surface area contributed by atoms with Gasteiger partial charge in [-0.3, -0.25) is 0 Å². The van der Waals surface area contributed by atoms with E-state index >= 15 is 0 Å². The van der Waals surface area contributed by atoms with Gasteiger partial charge in [-0.1, -0.05) is 32.6 Å². The second-order valence-electron chi connectivity index (χ2n) is 3.96. The lowest BCUT2D eigenvalue weighted by atomic mass is 9.96. The molecule has 0 aliphatic carbocycles. The normalized spacial score (nSPS) is 14.1. The van der Waals surface area contributed by atoms with Crippen molar-refractivity contribution in [3.63, 3.8) is 0 Å².